The zero-order valence-electron chi connectivity index (χ0n) is 15.8. The molecule has 2 aromatic rings. The van der Waals surface area contributed by atoms with Crippen molar-refractivity contribution in [3.8, 4) is 0 Å². The lowest BCUT2D eigenvalue weighted by molar-refractivity contribution is 0.517. The predicted octanol–water partition coefficient (Wildman–Crippen LogP) is 7.17. The third-order valence-corrected chi connectivity index (χ3v) is 4.58. The van der Waals surface area contributed by atoms with Gasteiger partial charge in [0.15, 0.2) is 0 Å². The molecule has 0 saturated heterocycles. The lowest BCUT2D eigenvalue weighted by Crippen LogP contribution is -2.25. The van der Waals surface area contributed by atoms with Crippen molar-refractivity contribution in [2.24, 2.45) is 0 Å². The van der Waals surface area contributed by atoms with Crippen molar-refractivity contribution in [1.82, 2.24) is 4.90 Å². The minimum atomic E-state index is -0.329. The molecule has 0 atom stereocenters. The fraction of sp³-hybridized carbons (Fsp3) is 0.217. The van der Waals surface area contributed by atoms with Crippen molar-refractivity contribution in [2.45, 2.75) is 27.7 Å². The molecule has 2 aromatic carbocycles. The fourth-order valence-electron chi connectivity index (χ4n) is 3.04. The number of allylic oxidation sites excluding steroid dienone is 3. The SMILES string of the molecule is C=C1C(C)=CC(c2ccccc2)=C(c2c(F)cccc2Cl)N1CC.CC. The van der Waals surface area contributed by atoms with Crippen LogP contribution in [0.25, 0.3) is 11.3 Å². The molecule has 3 heteroatoms. The number of rotatable bonds is 3. The van der Waals surface area contributed by atoms with Crippen LogP contribution in [0.1, 0.15) is 38.8 Å². The zero-order chi connectivity index (χ0) is 19.3. The Morgan fingerprint density at radius 1 is 1.04 bits per heavy atom. The molecule has 0 fully saturated rings. The molecule has 0 aliphatic carbocycles. The maximum Gasteiger partial charge on any atom is 0.134 e. The molecule has 1 aliphatic heterocycles. The second kappa shape index (κ2) is 8.86. The number of halogens is 2. The topological polar surface area (TPSA) is 3.24 Å². The summed E-state index contributed by atoms with van der Waals surface area (Å²) in [5.74, 6) is -0.329. The Morgan fingerprint density at radius 3 is 2.27 bits per heavy atom. The van der Waals surface area contributed by atoms with Crippen molar-refractivity contribution in [3.63, 3.8) is 0 Å². The first-order chi connectivity index (χ1) is 12.5. The first kappa shape index (κ1) is 20.0. The second-order valence-corrected chi connectivity index (χ2v) is 6.15. The highest BCUT2D eigenvalue weighted by Gasteiger charge is 2.27. The zero-order valence-corrected chi connectivity index (χ0v) is 16.6. The van der Waals surface area contributed by atoms with Gasteiger partial charge in [-0.2, -0.15) is 0 Å². The van der Waals surface area contributed by atoms with E-state index in [2.05, 4.69) is 12.7 Å². The highest BCUT2D eigenvalue weighted by molar-refractivity contribution is 6.32. The minimum absolute atomic E-state index is 0.329. The highest BCUT2D eigenvalue weighted by Crippen LogP contribution is 2.41. The Labute approximate surface area is 161 Å². The van der Waals surface area contributed by atoms with Crippen LogP contribution in [0.5, 0.6) is 0 Å². The minimum Gasteiger partial charge on any atom is -0.341 e. The largest absolute Gasteiger partial charge is 0.341 e. The monoisotopic (exact) mass is 369 g/mol. The van der Waals surface area contributed by atoms with Gasteiger partial charge in [-0.15, -0.1) is 0 Å². The van der Waals surface area contributed by atoms with Crippen LogP contribution in [0, 0.1) is 5.82 Å². The predicted molar refractivity (Wildman–Crippen MR) is 111 cm³/mol. The average Bonchev–Trinajstić information content (AvgIpc) is 2.66. The van der Waals surface area contributed by atoms with Crippen LogP contribution in [0.3, 0.4) is 0 Å². The summed E-state index contributed by atoms with van der Waals surface area (Å²) in [6, 6.07) is 14.8. The van der Waals surface area contributed by atoms with Gasteiger partial charge in [-0.1, -0.05) is 68.4 Å². The first-order valence-corrected chi connectivity index (χ1v) is 9.31. The average molecular weight is 370 g/mol. The normalized spacial score (nSPS) is 14.0. The number of hydrogen-bond acceptors (Lipinski definition) is 1. The molecule has 3 rings (SSSR count). The molecule has 136 valence electrons. The summed E-state index contributed by atoms with van der Waals surface area (Å²) >= 11 is 6.37. The van der Waals surface area contributed by atoms with Crippen LogP contribution >= 0.6 is 11.6 Å². The van der Waals surface area contributed by atoms with Crippen LogP contribution in [0.15, 0.2) is 72.5 Å². The molecule has 0 amide bonds. The summed E-state index contributed by atoms with van der Waals surface area (Å²) in [5, 5.41) is 0.401. The molecule has 1 nitrogen and oxygen atoms in total. The summed E-state index contributed by atoms with van der Waals surface area (Å²) in [7, 11) is 0. The van der Waals surface area contributed by atoms with Crippen molar-refractivity contribution < 1.29 is 4.39 Å². The van der Waals surface area contributed by atoms with Crippen LogP contribution < -0.4 is 0 Å². The summed E-state index contributed by atoms with van der Waals surface area (Å²) < 4.78 is 14.7. The standard InChI is InChI=1S/C21H19ClFN.C2H6/c1-4-24-15(3)14(2)13-17(16-9-6-5-7-10-16)21(24)20-18(22)11-8-12-19(20)23;1-2/h5-13H,3-4H2,1-2H3;1-2H3. The lowest BCUT2D eigenvalue weighted by Gasteiger charge is -2.35. The van der Waals surface area contributed by atoms with Gasteiger partial charge < -0.3 is 4.90 Å². The van der Waals surface area contributed by atoms with E-state index in [9.17, 15) is 4.39 Å². The van der Waals surface area contributed by atoms with Crippen LogP contribution in [-0.2, 0) is 0 Å². The molecular weight excluding hydrogens is 345 g/mol. The summed E-state index contributed by atoms with van der Waals surface area (Å²) in [6.07, 6.45) is 2.06. The van der Waals surface area contributed by atoms with E-state index in [1.165, 1.54) is 6.07 Å². The number of benzene rings is 2. The fourth-order valence-corrected chi connectivity index (χ4v) is 3.29. The molecule has 1 heterocycles. The Bertz CT molecular complexity index is 830. The number of hydrogen-bond donors (Lipinski definition) is 0. The third-order valence-electron chi connectivity index (χ3n) is 4.27. The smallest absolute Gasteiger partial charge is 0.134 e. The van der Waals surface area contributed by atoms with E-state index in [4.69, 9.17) is 11.6 Å². The van der Waals surface area contributed by atoms with E-state index >= 15 is 0 Å². The van der Waals surface area contributed by atoms with E-state index in [-0.39, 0.29) is 5.82 Å². The number of nitrogens with zero attached hydrogens (tertiary/aromatic N) is 1. The summed E-state index contributed by atoms with van der Waals surface area (Å²) in [6.45, 7) is 12.9. The van der Waals surface area contributed by atoms with E-state index in [1.807, 2.05) is 62.9 Å². The van der Waals surface area contributed by atoms with Crippen LogP contribution in [0.2, 0.25) is 5.02 Å². The molecular formula is C23H25ClFN. The molecule has 0 spiro atoms. The van der Waals surface area contributed by atoms with Gasteiger partial charge in [0.25, 0.3) is 0 Å². The quantitative estimate of drug-likeness (QED) is 0.554. The highest BCUT2D eigenvalue weighted by atomic mass is 35.5. The molecule has 0 radical (unpaired) electrons. The van der Waals surface area contributed by atoms with Gasteiger partial charge in [0, 0.05) is 17.8 Å². The Hall–Kier alpha value is -2.32. The van der Waals surface area contributed by atoms with Gasteiger partial charge in [0.1, 0.15) is 5.82 Å². The van der Waals surface area contributed by atoms with Crippen LogP contribution in [0.4, 0.5) is 4.39 Å². The molecule has 1 aliphatic rings. The van der Waals surface area contributed by atoms with Gasteiger partial charge in [0.2, 0.25) is 0 Å². The molecule has 0 N–H and O–H groups in total. The van der Waals surface area contributed by atoms with Gasteiger partial charge in [-0.05, 0) is 43.2 Å². The van der Waals surface area contributed by atoms with Crippen molar-refractivity contribution in [3.05, 3.63) is 94.4 Å². The van der Waals surface area contributed by atoms with Gasteiger partial charge in [-0.3, -0.25) is 0 Å². The maximum atomic E-state index is 14.7. The van der Waals surface area contributed by atoms with Gasteiger partial charge in [-0.25, -0.2) is 4.39 Å². The molecule has 26 heavy (non-hydrogen) atoms. The Kier molecular flexibility index (Phi) is 6.82. The van der Waals surface area contributed by atoms with Crippen molar-refractivity contribution >= 4 is 22.9 Å². The Morgan fingerprint density at radius 2 is 1.69 bits per heavy atom. The summed E-state index contributed by atoms with van der Waals surface area (Å²) in [5.41, 5.74) is 5.09. The summed E-state index contributed by atoms with van der Waals surface area (Å²) in [4.78, 5) is 2.03. The first-order valence-electron chi connectivity index (χ1n) is 8.93. The van der Waals surface area contributed by atoms with Crippen molar-refractivity contribution in [1.29, 1.82) is 0 Å². The molecule has 0 unspecified atom stereocenters. The second-order valence-electron chi connectivity index (χ2n) is 5.74. The van der Waals surface area contributed by atoms with E-state index in [0.29, 0.717) is 17.1 Å². The van der Waals surface area contributed by atoms with E-state index in [1.54, 1.807) is 12.1 Å². The lowest BCUT2D eigenvalue weighted by atomic mass is 9.92. The van der Waals surface area contributed by atoms with Gasteiger partial charge >= 0.3 is 0 Å². The van der Waals surface area contributed by atoms with E-state index in [0.717, 1.165) is 28.1 Å². The molecule has 0 bridgehead atoms. The van der Waals surface area contributed by atoms with E-state index < -0.39 is 0 Å². The third kappa shape index (κ3) is 3.76. The molecule has 0 aromatic heterocycles. The van der Waals surface area contributed by atoms with Crippen molar-refractivity contribution in [2.75, 3.05) is 6.54 Å². The molecule has 0 saturated carbocycles. The van der Waals surface area contributed by atoms with Gasteiger partial charge in [0.05, 0.1) is 16.3 Å². The maximum absolute atomic E-state index is 14.7. The Balaban J connectivity index is 0.00000117. The number of likely N-dealkylation sites (N-methyl/N-ethyl adjacent to an activating group) is 1. The van der Waals surface area contributed by atoms with Crippen LogP contribution in [-0.4, -0.2) is 11.4 Å².